The molecule has 0 saturated carbocycles. The van der Waals surface area contributed by atoms with Gasteiger partial charge in [-0.2, -0.15) is 0 Å². The molecule has 0 aliphatic carbocycles. The highest BCUT2D eigenvalue weighted by Crippen LogP contribution is 2.27. The molecule has 1 unspecified atom stereocenters. The van der Waals surface area contributed by atoms with Crippen molar-refractivity contribution < 1.29 is 4.79 Å². The molecule has 0 spiro atoms. The number of hydrogen-bond acceptors (Lipinski definition) is 2. The summed E-state index contributed by atoms with van der Waals surface area (Å²) >= 11 is 0. The van der Waals surface area contributed by atoms with Gasteiger partial charge in [-0.15, -0.1) is 0 Å². The highest BCUT2D eigenvalue weighted by molar-refractivity contribution is 5.70. The van der Waals surface area contributed by atoms with Crippen LogP contribution in [0.5, 0.6) is 0 Å². The lowest BCUT2D eigenvalue weighted by atomic mass is 9.83. The Kier molecular flexibility index (Phi) is 4.79. The third-order valence-corrected chi connectivity index (χ3v) is 4.05. The number of hydrogen-bond donors (Lipinski definition) is 0. The smallest absolute Gasteiger partial charge is 0.132 e. The van der Waals surface area contributed by atoms with E-state index in [1.54, 1.807) is 0 Å². The first kappa shape index (κ1) is 15.3. The maximum Gasteiger partial charge on any atom is 0.132 e. The number of rotatable bonds is 6. The van der Waals surface area contributed by atoms with Crippen molar-refractivity contribution in [1.82, 2.24) is 0 Å². The van der Waals surface area contributed by atoms with Crippen LogP contribution in [0.4, 0.5) is 5.69 Å². The zero-order valence-corrected chi connectivity index (χ0v) is 13.0. The first-order chi connectivity index (χ1) is 10.1. The van der Waals surface area contributed by atoms with E-state index in [9.17, 15) is 4.79 Å². The normalized spacial score (nSPS) is 13.5. The average molecular weight is 281 g/mol. The molecular formula is C19H23NO. The van der Waals surface area contributed by atoms with Crippen LogP contribution in [-0.4, -0.2) is 19.4 Å². The molecule has 0 radical (unpaired) electrons. The van der Waals surface area contributed by atoms with Gasteiger partial charge in [0.25, 0.3) is 0 Å². The summed E-state index contributed by atoms with van der Waals surface area (Å²) in [5, 5.41) is 0. The van der Waals surface area contributed by atoms with E-state index in [-0.39, 0.29) is 0 Å². The number of carbonyl (C=O) groups excluding carboxylic acids is 1. The second-order valence-electron chi connectivity index (χ2n) is 5.70. The lowest BCUT2D eigenvalue weighted by molar-refractivity contribution is -0.111. The van der Waals surface area contributed by atoms with Crippen molar-refractivity contribution in [1.29, 1.82) is 0 Å². The lowest BCUT2D eigenvalue weighted by Gasteiger charge is -2.33. The van der Waals surface area contributed by atoms with Gasteiger partial charge in [-0.1, -0.05) is 48.5 Å². The molecule has 110 valence electrons. The van der Waals surface area contributed by atoms with Gasteiger partial charge in [0, 0.05) is 18.8 Å². The summed E-state index contributed by atoms with van der Waals surface area (Å²) in [6.07, 6.45) is 1.07. The second-order valence-corrected chi connectivity index (χ2v) is 5.70. The topological polar surface area (TPSA) is 20.3 Å². The molecule has 0 aliphatic rings. The van der Waals surface area contributed by atoms with E-state index in [4.69, 9.17) is 0 Å². The van der Waals surface area contributed by atoms with E-state index in [0.29, 0.717) is 6.54 Å². The predicted molar refractivity (Wildman–Crippen MR) is 88.9 cm³/mol. The molecule has 0 fully saturated rings. The Morgan fingerprint density at radius 2 is 1.67 bits per heavy atom. The quantitative estimate of drug-likeness (QED) is 0.747. The summed E-state index contributed by atoms with van der Waals surface area (Å²) in [7, 11) is 0. The van der Waals surface area contributed by atoms with E-state index in [0.717, 1.165) is 18.4 Å². The lowest BCUT2D eigenvalue weighted by Crippen LogP contribution is -2.40. The van der Waals surface area contributed by atoms with Gasteiger partial charge in [-0.05, 0) is 38.0 Å². The van der Waals surface area contributed by atoms with E-state index in [1.165, 1.54) is 11.3 Å². The molecule has 2 rings (SSSR count). The number of anilines is 1. The van der Waals surface area contributed by atoms with Crippen LogP contribution in [0, 0.1) is 6.92 Å². The highest BCUT2D eigenvalue weighted by Gasteiger charge is 2.28. The summed E-state index contributed by atoms with van der Waals surface area (Å²) in [4.78, 5) is 14.0. The van der Waals surface area contributed by atoms with Crippen molar-refractivity contribution in [3.05, 3.63) is 65.7 Å². The van der Waals surface area contributed by atoms with Crippen molar-refractivity contribution in [2.75, 3.05) is 18.0 Å². The third-order valence-electron chi connectivity index (χ3n) is 4.05. The standard InChI is InChI=1S/C19H23NO/c1-4-20(18-13-9-8-10-16(18)2)14-19(3,15-21)17-11-6-5-7-12-17/h5-13,15H,4,14H2,1-3H3. The van der Waals surface area contributed by atoms with Crippen molar-refractivity contribution in [3.63, 3.8) is 0 Å². The molecule has 0 bridgehead atoms. The van der Waals surface area contributed by atoms with Gasteiger partial charge in [-0.3, -0.25) is 0 Å². The minimum absolute atomic E-state index is 0.500. The Morgan fingerprint density at radius 1 is 1.05 bits per heavy atom. The van der Waals surface area contributed by atoms with Crippen molar-refractivity contribution in [3.8, 4) is 0 Å². The van der Waals surface area contributed by atoms with Gasteiger partial charge in [0.2, 0.25) is 0 Å². The van der Waals surface area contributed by atoms with Crippen LogP contribution in [-0.2, 0) is 10.2 Å². The molecular weight excluding hydrogens is 258 g/mol. The first-order valence-corrected chi connectivity index (χ1v) is 7.43. The number of aldehydes is 1. The molecule has 2 heteroatoms. The fraction of sp³-hybridized carbons (Fsp3) is 0.316. The Balaban J connectivity index is 2.32. The summed E-state index contributed by atoms with van der Waals surface area (Å²) in [5.41, 5.74) is 3.00. The molecule has 0 saturated heterocycles. The van der Waals surface area contributed by atoms with Crippen molar-refractivity contribution in [2.24, 2.45) is 0 Å². The van der Waals surface area contributed by atoms with E-state index < -0.39 is 5.41 Å². The summed E-state index contributed by atoms with van der Waals surface area (Å²) in [6.45, 7) is 7.81. The van der Waals surface area contributed by atoms with Crippen molar-refractivity contribution in [2.45, 2.75) is 26.2 Å². The monoisotopic (exact) mass is 281 g/mol. The first-order valence-electron chi connectivity index (χ1n) is 7.43. The fourth-order valence-electron chi connectivity index (χ4n) is 2.70. The van der Waals surface area contributed by atoms with Gasteiger partial charge in [0.15, 0.2) is 0 Å². The molecule has 2 aromatic carbocycles. The highest BCUT2D eigenvalue weighted by atomic mass is 16.1. The molecule has 0 aromatic heterocycles. The molecule has 0 aliphatic heterocycles. The average Bonchev–Trinajstić information content (AvgIpc) is 2.54. The van der Waals surface area contributed by atoms with E-state index >= 15 is 0 Å². The minimum Gasteiger partial charge on any atom is -0.370 e. The van der Waals surface area contributed by atoms with E-state index in [1.807, 2.05) is 49.4 Å². The number of aryl methyl sites for hydroxylation is 1. The van der Waals surface area contributed by atoms with Crippen LogP contribution in [0.1, 0.15) is 25.0 Å². The SMILES string of the molecule is CCN(CC(C)(C=O)c1ccccc1)c1ccccc1C. The minimum atomic E-state index is -0.500. The van der Waals surface area contributed by atoms with Crippen LogP contribution in [0.3, 0.4) is 0 Å². The summed E-state index contributed by atoms with van der Waals surface area (Å²) in [5.74, 6) is 0. The Bertz CT molecular complexity index is 594. The van der Waals surface area contributed by atoms with Gasteiger partial charge in [0.1, 0.15) is 6.29 Å². The molecule has 2 aromatic rings. The van der Waals surface area contributed by atoms with Crippen LogP contribution in [0.15, 0.2) is 54.6 Å². The maximum absolute atomic E-state index is 11.8. The second kappa shape index (κ2) is 6.57. The fourth-order valence-corrected chi connectivity index (χ4v) is 2.70. The third kappa shape index (κ3) is 3.33. The Labute approximate surface area is 127 Å². The number of carbonyl (C=O) groups is 1. The number of nitrogens with zero attached hydrogens (tertiary/aromatic N) is 1. The number of para-hydroxylation sites is 1. The zero-order chi connectivity index (χ0) is 15.3. The maximum atomic E-state index is 11.8. The van der Waals surface area contributed by atoms with Crippen LogP contribution < -0.4 is 4.90 Å². The van der Waals surface area contributed by atoms with Crippen LogP contribution in [0.25, 0.3) is 0 Å². The molecule has 0 heterocycles. The zero-order valence-electron chi connectivity index (χ0n) is 13.0. The number of likely N-dealkylation sites (N-methyl/N-ethyl adjacent to an activating group) is 1. The largest absolute Gasteiger partial charge is 0.370 e. The van der Waals surface area contributed by atoms with Crippen molar-refractivity contribution >= 4 is 12.0 Å². The van der Waals surface area contributed by atoms with Crippen LogP contribution in [0.2, 0.25) is 0 Å². The number of benzene rings is 2. The molecule has 0 N–H and O–H groups in total. The van der Waals surface area contributed by atoms with Gasteiger partial charge in [0.05, 0.1) is 5.41 Å². The Morgan fingerprint density at radius 3 is 2.24 bits per heavy atom. The molecule has 1 atom stereocenters. The Hall–Kier alpha value is -2.09. The summed E-state index contributed by atoms with van der Waals surface area (Å²) in [6, 6.07) is 18.3. The predicted octanol–water partition coefficient (Wildman–Crippen LogP) is 3.98. The summed E-state index contributed by atoms with van der Waals surface area (Å²) < 4.78 is 0. The van der Waals surface area contributed by atoms with Crippen LogP contribution >= 0.6 is 0 Å². The van der Waals surface area contributed by atoms with Gasteiger partial charge >= 0.3 is 0 Å². The molecule has 0 amide bonds. The van der Waals surface area contributed by atoms with Gasteiger partial charge in [-0.25, -0.2) is 0 Å². The van der Waals surface area contributed by atoms with Gasteiger partial charge < -0.3 is 9.69 Å². The molecule has 21 heavy (non-hydrogen) atoms. The molecule has 2 nitrogen and oxygen atoms in total. The van der Waals surface area contributed by atoms with E-state index in [2.05, 4.69) is 30.9 Å².